The molecule has 0 bridgehead atoms. The molecule has 0 aliphatic carbocycles. The van der Waals surface area contributed by atoms with Gasteiger partial charge in [-0.15, -0.1) is 0 Å². The summed E-state index contributed by atoms with van der Waals surface area (Å²) in [5, 5.41) is 9.95. The molecule has 1 fully saturated rings. The summed E-state index contributed by atoms with van der Waals surface area (Å²) in [5.74, 6) is -0.367. The van der Waals surface area contributed by atoms with E-state index in [1.807, 2.05) is 0 Å². The lowest BCUT2D eigenvalue weighted by Gasteiger charge is -2.28. The number of hydrogen-bond donors (Lipinski definition) is 1. The standard InChI is InChI=1S/C17H18F3NO3/c18-17(19,20)14-6-2-1-5-13(14)15-8-12(22)9-21(15)16(23)11-4-3-7-24-10-11/h1-2,5-6,10,12,15,22H,3-4,7-9H2/t12-,15-/m0/s1. The summed E-state index contributed by atoms with van der Waals surface area (Å²) in [5.41, 5.74) is -0.312. The third kappa shape index (κ3) is 3.26. The Hall–Kier alpha value is -2.02. The summed E-state index contributed by atoms with van der Waals surface area (Å²) in [4.78, 5) is 14.0. The molecule has 0 radical (unpaired) electrons. The molecule has 0 unspecified atom stereocenters. The topological polar surface area (TPSA) is 49.8 Å². The maximum Gasteiger partial charge on any atom is 0.416 e. The van der Waals surface area contributed by atoms with Gasteiger partial charge in [0.2, 0.25) is 0 Å². The van der Waals surface area contributed by atoms with Gasteiger partial charge in [-0.1, -0.05) is 18.2 Å². The monoisotopic (exact) mass is 341 g/mol. The highest BCUT2D eigenvalue weighted by molar-refractivity contribution is 5.93. The van der Waals surface area contributed by atoms with Crippen LogP contribution in [0, 0.1) is 0 Å². The number of β-amino-alcohol motifs (C(OH)–C–C–N with tert-alkyl or cyclic N) is 1. The van der Waals surface area contributed by atoms with Crippen LogP contribution in [0.15, 0.2) is 36.1 Å². The van der Waals surface area contributed by atoms with Crippen LogP contribution in [0.3, 0.4) is 0 Å². The predicted octanol–water partition coefficient (Wildman–Crippen LogP) is 3.03. The first-order chi connectivity index (χ1) is 11.4. The molecule has 4 nitrogen and oxygen atoms in total. The summed E-state index contributed by atoms with van der Waals surface area (Å²) in [7, 11) is 0. The SMILES string of the molecule is O=C(C1=COCCC1)N1C[C@@H](O)C[C@H]1c1ccccc1C(F)(F)F. The molecule has 2 heterocycles. The molecule has 1 aromatic carbocycles. The molecule has 7 heteroatoms. The largest absolute Gasteiger partial charge is 0.501 e. The average Bonchev–Trinajstić information content (AvgIpc) is 2.96. The van der Waals surface area contributed by atoms with Crippen LogP contribution in [0.5, 0.6) is 0 Å². The fraction of sp³-hybridized carbons (Fsp3) is 0.471. The number of carbonyl (C=O) groups excluding carboxylic acids is 1. The second-order valence-corrected chi connectivity index (χ2v) is 6.07. The minimum atomic E-state index is -4.51. The smallest absolute Gasteiger partial charge is 0.416 e. The third-order valence-corrected chi connectivity index (χ3v) is 4.37. The van der Waals surface area contributed by atoms with E-state index in [1.54, 1.807) is 0 Å². The lowest BCUT2D eigenvalue weighted by molar-refractivity contribution is -0.139. The van der Waals surface area contributed by atoms with Gasteiger partial charge in [0.1, 0.15) is 0 Å². The zero-order valence-corrected chi connectivity index (χ0v) is 12.9. The van der Waals surface area contributed by atoms with E-state index in [-0.39, 0.29) is 24.4 Å². The van der Waals surface area contributed by atoms with Gasteiger partial charge in [-0.2, -0.15) is 13.2 Å². The van der Waals surface area contributed by atoms with Crippen molar-refractivity contribution in [3.63, 3.8) is 0 Å². The number of benzene rings is 1. The van der Waals surface area contributed by atoms with E-state index < -0.39 is 23.9 Å². The van der Waals surface area contributed by atoms with Crippen molar-refractivity contribution in [2.45, 2.75) is 37.6 Å². The maximum atomic E-state index is 13.3. The molecular weight excluding hydrogens is 323 g/mol. The molecule has 0 spiro atoms. The maximum absolute atomic E-state index is 13.3. The van der Waals surface area contributed by atoms with Gasteiger partial charge in [0, 0.05) is 6.54 Å². The molecule has 2 atom stereocenters. The van der Waals surface area contributed by atoms with Crippen molar-refractivity contribution >= 4 is 5.91 Å². The molecule has 24 heavy (non-hydrogen) atoms. The van der Waals surface area contributed by atoms with Crippen molar-refractivity contribution in [2.24, 2.45) is 0 Å². The van der Waals surface area contributed by atoms with Crippen LogP contribution in [0.25, 0.3) is 0 Å². The Labute approximate surface area is 137 Å². The molecule has 1 aromatic rings. The molecule has 3 rings (SSSR count). The number of nitrogens with zero attached hydrogens (tertiary/aromatic N) is 1. The van der Waals surface area contributed by atoms with E-state index in [9.17, 15) is 23.1 Å². The van der Waals surface area contributed by atoms with Crippen LogP contribution >= 0.6 is 0 Å². The highest BCUT2D eigenvalue weighted by Crippen LogP contribution is 2.41. The molecule has 1 amide bonds. The molecule has 2 aliphatic heterocycles. The number of aliphatic hydroxyl groups is 1. The van der Waals surface area contributed by atoms with Crippen molar-refractivity contribution in [3.8, 4) is 0 Å². The summed E-state index contributed by atoms with van der Waals surface area (Å²) in [6, 6.07) is 4.42. The zero-order chi connectivity index (χ0) is 17.3. The first-order valence-corrected chi connectivity index (χ1v) is 7.83. The summed E-state index contributed by atoms with van der Waals surface area (Å²) in [6.07, 6.45) is -2.66. The molecule has 1 N–H and O–H groups in total. The summed E-state index contributed by atoms with van der Waals surface area (Å²) >= 11 is 0. The Morgan fingerprint density at radius 1 is 1.29 bits per heavy atom. The van der Waals surface area contributed by atoms with Crippen LogP contribution in [0.2, 0.25) is 0 Å². The van der Waals surface area contributed by atoms with E-state index in [2.05, 4.69) is 0 Å². The Morgan fingerprint density at radius 2 is 2.04 bits per heavy atom. The minimum Gasteiger partial charge on any atom is -0.501 e. The first kappa shape index (κ1) is 16.8. The lowest BCUT2D eigenvalue weighted by atomic mass is 9.97. The van der Waals surface area contributed by atoms with Gasteiger partial charge in [0.25, 0.3) is 5.91 Å². The first-order valence-electron chi connectivity index (χ1n) is 7.83. The summed E-state index contributed by atoms with van der Waals surface area (Å²) in [6.45, 7) is 0.548. The van der Waals surface area contributed by atoms with Gasteiger partial charge in [0.15, 0.2) is 0 Å². The van der Waals surface area contributed by atoms with E-state index >= 15 is 0 Å². The number of amides is 1. The number of hydrogen-bond acceptors (Lipinski definition) is 3. The Balaban J connectivity index is 1.94. The van der Waals surface area contributed by atoms with Gasteiger partial charge in [-0.25, -0.2) is 0 Å². The number of halogens is 3. The van der Waals surface area contributed by atoms with Crippen molar-refractivity contribution in [1.29, 1.82) is 0 Å². The number of aliphatic hydroxyl groups excluding tert-OH is 1. The summed E-state index contributed by atoms with van der Waals surface area (Å²) < 4.78 is 45.0. The van der Waals surface area contributed by atoms with E-state index in [1.165, 1.54) is 29.4 Å². The Bertz CT molecular complexity index is 657. The normalized spacial score (nSPS) is 24.5. The van der Waals surface area contributed by atoms with Gasteiger partial charge >= 0.3 is 6.18 Å². The molecule has 0 aromatic heterocycles. The highest BCUT2D eigenvalue weighted by Gasteiger charge is 2.42. The van der Waals surface area contributed by atoms with Gasteiger partial charge in [0.05, 0.1) is 36.2 Å². The van der Waals surface area contributed by atoms with Gasteiger partial charge in [-0.3, -0.25) is 4.79 Å². The van der Waals surface area contributed by atoms with Crippen molar-refractivity contribution in [2.75, 3.05) is 13.2 Å². The molecule has 130 valence electrons. The van der Waals surface area contributed by atoms with Crippen molar-refractivity contribution in [3.05, 3.63) is 47.2 Å². The second kappa shape index (κ2) is 6.47. The van der Waals surface area contributed by atoms with E-state index in [4.69, 9.17) is 4.74 Å². The van der Waals surface area contributed by atoms with Crippen molar-refractivity contribution in [1.82, 2.24) is 4.90 Å². The minimum absolute atomic E-state index is 0.0206. The molecule has 1 saturated heterocycles. The fourth-order valence-corrected chi connectivity index (χ4v) is 3.29. The zero-order valence-electron chi connectivity index (χ0n) is 12.9. The van der Waals surface area contributed by atoms with Crippen LogP contribution in [0.1, 0.15) is 36.4 Å². The lowest BCUT2D eigenvalue weighted by Crippen LogP contribution is -2.34. The van der Waals surface area contributed by atoms with Crippen LogP contribution < -0.4 is 0 Å². The number of likely N-dealkylation sites (tertiary alicyclic amines) is 1. The fourth-order valence-electron chi connectivity index (χ4n) is 3.29. The van der Waals surface area contributed by atoms with Gasteiger partial charge in [-0.05, 0) is 30.9 Å². The number of rotatable bonds is 2. The third-order valence-electron chi connectivity index (χ3n) is 4.37. The molecule has 2 aliphatic rings. The number of alkyl halides is 3. The van der Waals surface area contributed by atoms with E-state index in [0.717, 1.165) is 6.07 Å². The quantitative estimate of drug-likeness (QED) is 0.900. The Kier molecular flexibility index (Phi) is 4.54. The second-order valence-electron chi connectivity index (χ2n) is 6.07. The van der Waals surface area contributed by atoms with Crippen molar-refractivity contribution < 1.29 is 27.8 Å². The predicted molar refractivity (Wildman–Crippen MR) is 79.8 cm³/mol. The van der Waals surface area contributed by atoms with Crippen LogP contribution in [0.4, 0.5) is 13.2 Å². The molecular formula is C17H18F3NO3. The van der Waals surface area contributed by atoms with Gasteiger partial charge < -0.3 is 14.7 Å². The average molecular weight is 341 g/mol. The number of carbonyl (C=O) groups is 1. The van der Waals surface area contributed by atoms with Crippen LogP contribution in [-0.2, 0) is 15.7 Å². The number of ether oxygens (including phenoxy) is 1. The van der Waals surface area contributed by atoms with Crippen LogP contribution in [-0.4, -0.2) is 35.2 Å². The highest BCUT2D eigenvalue weighted by atomic mass is 19.4. The Morgan fingerprint density at radius 3 is 2.71 bits per heavy atom. The molecule has 0 saturated carbocycles. The van der Waals surface area contributed by atoms with E-state index in [0.29, 0.717) is 25.0 Å².